The summed E-state index contributed by atoms with van der Waals surface area (Å²) in [7, 11) is 0. The third-order valence-electron chi connectivity index (χ3n) is 2.93. The zero-order valence-electron chi connectivity index (χ0n) is 11.1. The van der Waals surface area contributed by atoms with Crippen molar-refractivity contribution in [3.8, 4) is 5.75 Å². The van der Waals surface area contributed by atoms with Crippen molar-refractivity contribution in [2.45, 2.75) is 19.4 Å². The maximum atomic E-state index is 10.6. The van der Waals surface area contributed by atoms with Gasteiger partial charge in [0, 0.05) is 20.6 Å². The Labute approximate surface area is 132 Å². The zero-order chi connectivity index (χ0) is 14.5. The number of hydrogen-bond acceptors (Lipinski definition) is 2. The molecule has 0 aliphatic heterocycles. The number of rotatable bonds is 5. The van der Waals surface area contributed by atoms with Crippen LogP contribution in [0.4, 0.5) is 0 Å². The number of aliphatic hydroxyl groups is 1. The van der Waals surface area contributed by atoms with Gasteiger partial charge in [0.15, 0.2) is 0 Å². The van der Waals surface area contributed by atoms with E-state index in [1.807, 2.05) is 43.3 Å². The van der Waals surface area contributed by atoms with Crippen molar-refractivity contribution in [3.05, 3.63) is 63.1 Å². The van der Waals surface area contributed by atoms with Crippen molar-refractivity contribution in [1.82, 2.24) is 0 Å². The fourth-order valence-corrected chi connectivity index (χ4v) is 2.72. The van der Waals surface area contributed by atoms with Gasteiger partial charge in [0.2, 0.25) is 0 Å². The van der Waals surface area contributed by atoms with E-state index in [1.54, 1.807) is 6.07 Å². The molecule has 0 spiro atoms. The van der Waals surface area contributed by atoms with Gasteiger partial charge in [0.1, 0.15) is 11.9 Å². The highest BCUT2D eigenvalue weighted by Gasteiger charge is 2.18. The highest BCUT2D eigenvalue weighted by atomic mass is 79.9. The molecule has 0 amide bonds. The van der Waals surface area contributed by atoms with Crippen molar-refractivity contribution in [2.75, 3.05) is 6.61 Å². The third kappa shape index (κ3) is 3.54. The molecule has 0 bridgehead atoms. The molecule has 2 aromatic rings. The quantitative estimate of drug-likeness (QED) is 0.820. The van der Waals surface area contributed by atoms with Gasteiger partial charge in [-0.3, -0.25) is 0 Å². The minimum absolute atomic E-state index is 0.525. The van der Waals surface area contributed by atoms with Gasteiger partial charge in [-0.05, 0) is 24.6 Å². The Morgan fingerprint density at radius 1 is 1.20 bits per heavy atom. The second-order valence-corrected chi connectivity index (χ2v) is 5.78. The smallest absolute Gasteiger partial charge is 0.125 e. The standard InChI is InChI=1S/C16H16BrClO2/c1-2-9-20-15-6-4-3-5-13(15)16(19)12-8-7-11(17)10-14(12)18/h3-8,10,16,19H,2,9H2,1H3. The predicted molar refractivity (Wildman–Crippen MR) is 85.4 cm³/mol. The van der Waals surface area contributed by atoms with Crippen LogP contribution >= 0.6 is 27.5 Å². The number of para-hydroxylation sites is 1. The molecule has 1 N–H and O–H groups in total. The van der Waals surface area contributed by atoms with E-state index in [-0.39, 0.29) is 0 Å². The van der Waals surface area contributed by atoms with Crippen molar-refractivity contribution in [1.29, 1.82) is 0 Å². The SMILES string of the molecule is CCCOc1ccccc1C(O)c1ccc(Br)cc1Cl. The predicted octanol–water partition coefficient (Wildman–Crippen LogP) is 4.97. The van der Waals surface area contributed by atoms with Gasteiger partial charge in [0.25, 0.3) is 0 Å². The van der Waals surface area contributed by atoms with Gasteiger partial charge in [-0.2, -0.15) is 0 Å². The molecule has 4 heteroatoms. The van der Waals surface area contributed by atoms with E-state index >= 15 is 0 Å². The first-order valence-electron chi connectivity index (χ1n) is 6.48. The zero-order valence-corrected chi connectivity index (χ0v) is 13.5. The van der Waals surface area contributed by atoms with Crippen LogP contribution in [-0.2, 0) is 0 Å². The van der Waals surface area contributed by atoms with Crippen molar-refractivity contribution in [3.63, 3.8) is 0 Å². The van der Waals surface area contributed by atoms with E-state index in [2.05, 4.69) is 15.9 Å². The van der Waals surface area contributed by atoms with Crippen LogP contribution in [0.2, 0.25) is 5.02 Å². The van der Waals surface area contributed by atoms with Crippen LogP contribution in [0.5, 0.6) is 5.75 Å². The largest absolute Gasteiger partial charge is 0.493 e. The monoisotopic (exact) mass is 354 g/mol. The molecule has 0 aliphatic carbocycles. The van der Waals surface area contributed by atoms with Crippen LogP contribution in [0.15, 0.2) is 46.9 Å². The molecule has 0 saturated heterocycles. The average Bonchev–Trinajstić information content (AvgIpc) is 2.45. The lowest BCUT2D eigenvalue weighted by atomic mass is 10.0. The molecule has 0 aromatic heterocycles. The number of benzene rings is 2. The van der Waals surface area contributed by atoms with Crippen molar-refractivity contribution >= 4 is 27.5 Å². The maximum absolute atomic E-state index is 10.6. The number of aliphatic hydroxyl groups excluding tert-OH is 1. The minimum atomic E-state index is -0.802. The second-order valence-electron chi connectivity index (χ2n) is 4.45. The summed E-state index contributed by atoms with van der Waals surface area (Å²) in [6, 6.07) is 12.9. The van der Waals surface area contributed by atoms with Crippen LogP contribution in [0.1, 0.15) is 30.6 Å². The maximum Gasteiger partial charge on any atom is 0.125 e. The Morgan fingerprint density at radius 3 is 2.65 bits per heavy atom. The van der Waals surface area contributed by atoms with E-state index in [9.17, 15) is 5.11 Å². The van der Waals surface area contributed by atoms with Gasteiger partial charge in [0.05, 0.1) is 6.61 Å². The minimum Gasteiger partial charge on any atom is -0.493 e. The highest BCUT2D eigenvalue weighted by Crippen LogP contribution is 2.34. The molecule has 2 aromatic carbocycles. The van der Waals surface area contributed by atoms with Gasteiger partial charge in [-0.25, -0.2) is 0 Å². The molecule has 20 heavy (non-hydrogen) atoms. The number of ether oxygens (including phenoxy) is 1. The topological polar surface area (TPSA) is 29.5 Å². The molecule has 1 atom stereocenters. The molecule has 2 rings (SSSR count). The van der Waals surface area contributed by atoms with Crippen molar-refractivity contribution < 1.29 is 9.84 Å². The second kappa shape index (κ2) is 7.11. The van der Waals surface area contributed by atoms with Crippen LogP contribution in [-0.4, -0.2) is 11.7 Å². The highest BCUT2D eigenvalue weighted by molar-refractivity contribution is 9.10. The molecule has 0 heterocycles. The van der Waals surface area contributed by atoms with E-state index in [0.29, 0.717) is 22.9 Å². The lowest BCUT2D eigenvalue weighted by molar-refractivity contribution is 0.210. The Balaban J connectivity index is 2.35. The summed E-state index contributed by atoms with van der Waals surface area (Å²) < 4.78 is 6.56. The van der Waals surface area contributed by atoms with Gasteiger partial charge >= 0.3 is 0 Å². The summed E-state index contributed by atoms with van der Waals surface area (Å²) in [5.74, 6) is 0.695. The fraction of sp³-hybridized carbons (Fsp3) is 0.250. The molecule has 1 unspecified atom stereocenters. The van der Waals surface area contributed by atoms with Gasteiger partial charge < -0.3 is 9.84 Å². The van der Waals surface area contributed by atoms with Gasteiger partial charge in [-0.15, -0.1) is 0 Å². The normalized spacial score (nSPS) is 12.2. The first-order chi connectivity index (χ1) is 9.63. The molecular weight excluding hydrogens is 340 g/mol. The summed E-state index contributed by atoms with van der Waals surface area (Å²) in [5.41, 5.74) is 1.40. The van der Waals surface area contributed by atoms with Crippen LogP contribution < -0.4 is 4.74 Å². The summed E-state index contributed by atoms with van der Waals surface area (Å²) in [6.07, 6.45) is 0.118. The fourth-order valence-electron chi connectivity index (χ4n) is 1.94. The summed E-state index contributed by atoms with van der Waals surface area (Å²) in [6.45, 7) is 2.67. The summed E-state index contributed by atoms with van der Waals surface area (Å²) in [4.78, 5) is 0. The first-order valence-corrected chi connectivity index (χ1v) is 7.65. The lowest BCUT2D eigenvalue weighted by Crippen LogP contribution is -2.05. The molecular formula is C16H16BrClO2. The van der Waals surface area contributed by atoms with E-state index < -0.39 is 6.10 Å². The van der Waals surface area contributed by atoms with Crippen LogP contribution in [0.3, 0.4) is 0 Å². The average molecular weight is 356 g/mol. The lowest BCUT2D eigenvalue weighted by Gasteiger charge is -2.17. The van der Waals surface area contributed by atoms with Crippen LogP contribution in [0.25, 0.3) is 0 Å². The summed E-state index contributed by atoms with van der Waals surface area (Å²) in [5, 5.41) is 11.1. The Hall–Kier alpha value is -1.03. The molecule has 0 fully saturated rings. The van der Waals surface area contributed by atoms with E-state index in [1.165, 1.54) is 0 Å². The summed E-state index contributed by atoms with van der Waals surface area (Å²) >= 11 is 9.56. The van der Waals surface area contributed by atoms with E-state index in [0.717, 1.165) is 16.5 Å². The van der Waals surface area contributed by atoms with Crippen LogP contribution in [0, 0.1) is 0 Å². The van der Waals surface area contributed by atoms with Crippen molar-refractivity contribution in [2.24, 2.45) is 0 Å². The molecule has 0 aliphatic rings. The molecule has 2 nitrogen and oxygen atoms in total. The Bertz CT molecular complexity index is 586. The van der Waals surface area contributed by atoms with E-state index in [4.69, 9.17) is 16.3 Å². The molecule has 0 radical (unpaired) electrons. The Kier molecular flexibility index (Phi) is 5.46. The molecule has 0 saturated carbocycles. The third-order valence-corrected chi connectivity index (χ3v) is 3.75. The first kappa shape index (κ1) is 15.4. The Morgan fingerprint density at radius 2 is 1.95 bits per heavy atom. The van der Waals surface area contributed by atoms with Gasteiger partial charge in [-0.1, -0.05) is 58.7 Å². The number of hydrogen-bond donors (Lipinski definition) is 1. The molecule has 106 valence electrons. The number of halogens is 2.